The minimum absolute atomic E-state index is 0.0315. The second kappa shape index (κ2) is 5.74. The highest BCUT2D eigenvalue weighted by molar-refractivity contribution is 5.38. The third-order valence-electron chi connectivity index (χ3n) is 4.77. The number of hydrogen-bond donors (Lipinski definition) is 1. The fourth-order valence-electron chi connectivity index (χ4n) is 3.73. The molecule has 1 spiro atoms. The number of benzene rings is 1. The van der Waals surface area contributed by atoms with Gasteiger partial charge in [0, 0.05) is 24.6 Å². The van der Waals surface area contributed by atoms with Crippen LogP contribution in [-0.4, -0.2) is 30.1 Å². The lowest BCUT2D eigenvalue weighted by molar-refractivity contribution is 0.0218. The molecule has 0 amide bonds. The normalized spacial score (nSPS) is 30.6. The molecule has 2 heterocycles. The van der Waals surface area contributed by atoms with Gasteiger partial charge in [-0.2, -0.15) is 0 Å². The number of para-hydroxylation sites is 1. The van der Waals surface area contributed by atoms with Gasteiger partial charge in [0.1, 0.15) is 11.4 Å². The van der Waals surface area contributed by atoms with Crippen LogP contribution in [0.25, 0.3) is 0 Å². The lowest BCUT2D eigenvalue weighted by atomic mass is 9.82. The van der Waals surface area contributed by atoms with E-state index in [9.17, 15) is 0 Å². The van der Waals surface area contributed by atoms with Gasteiger partial charge >= 0.3 is 0 Å². The summed E-state index contributed by atoms with van der Waals surface area (Å²) in [5.41, 5.74) is 7.55. The van der Waals surface area contributed by atoms with Crippen molar-refractivity contribution in [2.75, 3.05) is 19.6 Å². The molecule has 0 saturated carbocycles. The Morgan fingerprint density at radius 1 is 1.30 bits per heavy atom. The molecule has 3 rings (SSSR count). The van der Waals surface area contributed by atoms with E-state index in [1.807, 2.05) is 6.07 Å². The second-order valence-electron chi connectivity index (χ2n) is 6.33. The second-order valence-corrected chi connectivity index (χ2v) is 6.33. The van der Waals surface area contributed by atoms with E-state index in [0.29, 0.717) is 0 Å². The zero-order valence-corrected chi connectivity index (χ0v) is 12.5. The van der Waals surface area contributed by atoms with Crippen molar-refractivity contribution in [2.24, 2.45) is 5.73 Å². The molecule has 0 aliphatic carbocycles. The smallest absolute Gasteiger partial charge is 0.124 e. The summed E-state index contributed by atoms with van der Waals surface area (Å²) in [5, 5.41) is 0. The van der Waals surface area contributed by atoms with E-state index in [-0.39, 0.29) is 11.6 Å². The van der Waals surface area contributed by atoms with Gasteiger partial charge in [-0.1, -0.05) is 25.1 Å². The monoisotopic (exact) mass is 274 g/mol. The van der Waals surface area contributed by atoms with E-state index in [2.05, 4.69) is 30.0 Å². The molecule has 1 unspecified atom stereocenters. The number of hydrogen-bond acceptors (Lipinski definition) is 3. The Kier molecular flexibility index (Phi) is 3.99. The van der Waals surface area contributed by atoms with Crippen LogP contribution in [0.4, 0.5) is 0 Å². The lowest BCUT2D eigenvalue weighted by Crippen LogP contribution is -2.43. The van der Waals surface area contributed by atoms with Crippen LogP contribution < -0.4 is 10.5 Å². The third-order valence-corrected chi connectivity index (χ3v) is 4.77. The molecule has 1 aromatic rings. The lowest BCUT2D eigenvalue weighted by Gasteiger charge is -2.41. The summed E-state index contributed by atoms with van der Waals surface area (Å²) in [7, 11) is 0. The van der Waals surface area contributed by atoms with Gasteiger partial charge in [-0.05, 0) is 44.8 Å². The maximum absolute atomic E-state index is 6.43. The zero-order chi connectivity index (χ0) is 14.0. The minimum Gasteiger partial charge on any atom is -0.487 e. The van der Waals surface area contributed by atoms with Crippen LogP contribution in [0.3, 0.4) is 0 Å². The van der Waals surface area contributed by atoms with Gasteiger partial charge in [-0.15, -0.1) is 0 Å². The highest BCUT2D eigenvalue weighted by Gasteiger charge is 2.40. The molecule has 3 heteroatoms. The molecule has 3 nitrogen and oxygen atoms in total. The van der Waals surface area contributed by atoms with Crippen molar-refractivity contribution in [1.82, 2.24) is 4.90 Å². The fourth-order valence-corrected chi connectivity index (χ4v) is 3.73. The van der Waals surface area contributed by atoms with Crippen LogP contribution in [0.15, 0.2) is 24.3 Å². The highest BCUT2D eigenvalue weighted by atomic mass is 16.5. The van der Waals surface area contributed by atoms with Crippen LogP contribution in [0.1, 0.15) is 50.6 Å². The largest absolute Gasteiger partial charge is 0.487 e. The first-order valence-corrected chi connectivity index (χ1v) is 7.98. The number of rotatable bonds is 2. The SMILES string of the molecule is CCCN1CCCC2(CC1)C[C@H](N)c1ccccc1O2. The Balaban J connectivity index is 1.77. The molecule has 0 radical (unpaired) electrons. The molecule has 1 saturated heterocycles. The Labute approximate surface area is 122 Å². The first-order valence-electron chi connectivity index (χ1n) is 7.98. The van der Waals surface area contributed by atoms with E-state index in [1.165, 1.54) is 31.5 Å². The van der Waals surface area contributed by atoms with Gasteiger partial charge in [0.05, 0.1) is 0 Å². The van der Waals surface area contributed by atoms with E-state index < -0.39 is 0 Å². The third kappa shape index (κ3) is 2.70. The van der Waals surface area contributed by atoms with E-state index in [1.54, 1.807) is 0 Å². The maximum Gasteiger partial charge on any atom is 0.124 e. The standard InChI is InChI=1S/C17H26N2O/c1-2-10-19-11-5-8-17(9-12-19)13-15(18)14-6-3-4-7-16(14)20-17/h3-4,6-7,15H,2,5,8-13,18H2,1H3/t15-,17?/m0/s1. The van der Waals surface area contributed by atoms with Crippen molar-refractivity contribution in [3.8, 4) is 5.75 Å². The summed E-state index contributed by atoms with van der Waals surface area (Å²) in [4.78, 5) is 2.57. The minimum atomic E-state index is -0.0315. The number of ether oxygens (including phenoxy) is 1. The Hall–Kier alpha value is -1.06. The number of likely N-dealkylation sites (tertiary alicyclic amines) is 1. The van der Waals surface area contributed by atoms with Gasteiger partial charge in [0.25, 0.3) is 0 Å². The van der Waals surface area contributed by atoms with Gasteiger partial charge in [-0.3, -0.25) is 0 Å². The fraction of sp³-hybridized carbons (Fsp3) is 0.647. The summed E-state index contributed by atoms with van der Waals surface area (Å²) < 4.78 is 6.43. The molecule has 2 atom stereocenters. The number of fused-ring (bicyclic) bond motifs is 1. The average molecular weight is 274 g/mol. The van der Waals surface area contributed by atoms with Crippen molar-refractivity contribution in [1.29, 1.82) is 0 Å². The summed E-state index contributed by atoms with van der Waals surface area (Å²) in [6.45, 7) is 5.81. The molecule has 1 fully saturated rings. The summed E-state index contributed by atoms with van der Waals surface area (Å²) in [5.74, 6) is 1.01. The topological polar surface area (TPSA) is 38.5 Å². The summed E-state index contributed by atoms with van der Waals surface area (Å²) in [6, 6.07) is 8.40. The molecular weight excluding hydrogens is 248 g/mol. The number of nitrogens with zero attached hydrogens (tertiary/aromatic N) is 1. The molecule has 2 N–H and O–H groups in total. The van der Waals surface area contributed by atoms with E-state index in [4.69, 9.17) is 10.5 Å². The molecular formula is C17H26N2O. The molecule has 0 aromatic heterocycles. The summed E-state index contributed by atoms with van der Waals surface area (Å²) in [6.07, 6.45) is 5.65. The van der Waals surface area contributed by atoms with Gasteiger partial charge in [0.15, 0.2) is 0 Å². The van der Waals surface area contributed by atoms with Gasteiger partial charge in [-0.25, -0.2) is 0 Å². The van der Waals surface area contributed by atoms with Crippen LogP contribution in [0.5, 0.6) is 5.75 Å². The maximum atomic E-state index is 6.43. The van der Waals surface area contributed by atoms with Crippen molar-refractivity contribution < 1.29 is 4.74 Å². The van der Waals surface area contributed by atoms with Crippen molar-refractivity contribution in [3.63, 3.8) is 0 Å². The van der Waals surface area contributed by atoms with Crippen molar-refractivity contribution >= 4 is 0 Å². The Bertz CT molecular complexity index is 462. The first-order chi connectivity index (χ1) is 9.72. The van der Waals surface area contributed by atoms with Crippen LogP contribution >= 0.6 is 0 Å². The van der Waals surface area contributed by atoms with E-state index in [0.717, 1.165) is 31.6 Å². The molecule has 110 valence electrons. The van der Waals surface area contributed by atoms with Crippen LogP contribution in [-0.2, 0) is 0 Å². The van der Waals surface area contributed by atoms with Crippen molar-refractivity contribution in [2.45, 2.75) is 50.7 Å². The predicted molar refractivity (Wildman–Crippen MR) is 81.9 cm³/mol. The average Bonchev–Trinajstić information content (AvgIpc) is 2.63. The zero-order valence-electron chi connectivity index (χ0n) is 12.5. The van der Waals surface area contributed by atoms with E-state index >= 15 is 0 Å². The highest BCUT2D eigenvalue weighted by Crippen LogP contribution is 2.43. The predicted octanol–water partition coefficient (Wildman–Crippen LogP) is 3.10. The summed E-state index contributed by atoms with van der Waals surface area (Å²) >= 11 is 0. The number of nitrogens with two attached hydrogens (primary N) is 1. The van der Waals surface area contributed by atoms with Crippen LogP contribution in [0.2, 0.25) is 0 Å². The Morgan fingerprint density at radius 2 is 2.15 bits per heavy atom. The quantitative estimate of drug-likeness (QED) is 0.900. The first kappa shape index (κ1) is 13.9. The molecule has 0 bridgehead atoms. The molecule has 2 aliphatic rings. The van der Waals surface area contributed by atoms with Crippen molar-refractivity contribution in [3.05, 3.63) is 29.8 Å². The Morgan fingerprint density at radius 3 is 3.00 bits per heavy atom. The van der Waals surface area contributed by atoms with Crippen LogP contribution in [0, 0.1) is 0 Å². The molecule has 2 aliphatic heterocycles. The van der Waals surface area contributed by atoms with Gasteiger partial charge < -0.3 is 15.4 Å². The van der Waals surface area contributed by atoms with Gasteiger partial charge in [0.2, 0.25) is 0 Å². The molecule has 1 aromatic carbocycles. The molecule has 20 heavy (non-hydrogen) atoms.